The number of ether oxygens (including phenoxy) is 2. The van der Waals surface area contributed by atoms with Crippen molar-refractivity contribution >= 4 is 34.1 Å². The Morgan fingerprint density at radius 2 is 2.11 bits per heavy atom. The number of pyridine rings is 1. The molecule has 2 aromatic heterocycles. The first-order chi connectivity index (χ1) is 18.5. The molecule has 1 aliphatic heterocycles. The number of anilines is 3. The van der Waals surface area contributed by atoms with Crippen molar-refractivity contribution in [3.8, 4) is 17.0 Å². The van der Waals surface area contributed by atoms with E-state index >= 15 is 0 Å². The second-order valence-electron chi connectivity index (χ2n) is 8.81. The summed E-state index contributed by atoms with van der Waals surface area (Å²) >= 11 is 0. The quantitative estimate of drug-likeness (QED) is 0.263. The topological polar surface area (TPSA) is 136 Å². The highest BCUT2D eigenvalue weighted by molar-refractivity contribution is 6.00. The fourth-order valence-electron chi connectivity index (χ4n) is 4.43. The van der Waals surface area contributed by atoms with Crippen molar-refractivity contribution in [1.29, 1.82) is 0 Å². The number of nitrogens with two attached hydrogens (primary N) is 1. The van der Waals surface area contributed by atoms with Crippen LogP contribution in [0.4, 0.5) is 17.3 Å². The molecule has 0 saturated carbocycles. The number of carbonyl (C=O) groups is 1. The lowest BCUT2D eigenvalue weighted by molar-refractivity contribution is -0.111. The van der Waals surface area contributed by atoms with E-state index in [1.807, 2.05) is 54.6 Å². The van der Waals surface area contributed by atoms with Gasteiger partial charge in [-0.15, -0.1) is 0 Å². The van der Waals surface area contributed by atoms with Crippen LogP contribution in [0.2, 0.25) is 0 Å². The van der Waals surface area contributed by atoms with Gasteiger partial charge in [0.05, 0.1) is 24.9 Å². The maximum absolute atomic E-state index is 11.8. The maximum atomic E-state index is 11.8. The molecule has 1 amide bonds. The van der Waals surface area contributed by atoms with E-state index in [-0.39, 0.29) is 12.5 Å². The Hall–Kier alpha value is -4.38. The summed E-state index contributed by atoms with van der Waals surface area (Å²) in [7, 11) is 1.56. The molecule has 1 saturated heterocycles. The van der Waals surface area contributed by atoms with Crippen LogP contribution in [0.5, 0.6) is 5.88 Å². The Morgan fingerprint density at radius 3 is 2.87 bits per heavy atom. The summed E-state index contributed by atoms with van der Waals surface area (Å²) in [6.45, 7) is 5.69. The van der Waals surface area contributed by atoms with Gasteiger partial charge in [-0.25, -0.2) is 15.0 Å². The molecule has 38 heavy (non-hydrogen) atoms. The van der Waals surface area contributed by atoms with E-state index in [0.717, 1.165) is 28.6 Å². The summed E-state index contributed by atoms with van der Waals surface area (Å²) in [6, 6.07) is 17.2. The minimum Gasteiger partial charge on any atom is -0.480 e. The van der Waals surface area contributed by atoms with Gasteiger partial charge >= 0.3 is 0 Å². The van der Waals surface area contributed by atoms with Crippen LogP contribution in [-0.2, 0) is 15.1 Å². The second-order valence-corrected chi connectivity index (χ2v) is 8.81. The summed E-state index contributed by atoms with van der Waals surface area (Å²) in [4.78, 5) is 25.8. The monoisotopic (exact) mass is 511 g/mol. The van der Waals surface area contributed by atoms with Gasteiger partial charge in [0.2, 0.25) is 17.7 Å². The minimum absolute atomic E-state index is 0.272. The summed E-state index contributed by atoms with van der Waals surface area (Å²) in [5.41, 5.74) is 9.89. The van der Waals surface area contributed by atoms with Crippen molar-refractivity contribution in [2.24, 2.45) is 5.73 Å². The highest BCUT2D eigenvalue weighted by Gasteiger charge is 2.36. The summed E-state index contributed by atoms with van der Waals surface area (Å²) in [6.07, 6.45) is 3.00. The van der Waals surface area contributed by atoms with Crippen molar-refractivity contribution in [1.82, 2.24) is 20.3 Å². The van der Waals surface area contributed by atoms with Crippen molar-refractivity contribution in [2.45, 2.75) is 5.60 Å². The SMILES string of the molecule is C=CC(=O)Nc1cccc(-c2cccc3cnc(Nc4ccc([C@]5(CN)CNCCO5)nc4OC)nc23)c1. The fourth-order valence-corrected chi connectivity index (χ4v) is 4.43. The third-order valence-electron chi connectivity index (χ3n) is 6.40. The molecule has 0 bridgehead atoms. The van der Waals surface area contributed by atoms with Crippen LogP contribution in [0, 0.1) is 0 Å². The van der Waals surface area contributed by atoms with Crippen LogP contribution < -0.4 is 26.4 Å². The molecule has 5 rings (SSSR count). The molecule has 5 N–H and O–H groups in total. The molecular weight excluding hydrogens is 482 g/mol. The molecule has 0 radical (unpaired) electrons. The van der Waals surface area contributed by atoms with Gasteiger partial charge in [0.25, 0.3) is 0 Å². The summed E-state index contributed by atoms with van der Waals surface area (Å²) in [5.74, 6) is 0.497. The van der Waals surface area contributed by atoms with Gasteiger partial charge in [-0.05, 0) is 35.9 Å². The van der Waals surface area contributed by atoms with Crippen LogP contribution in [0.25, 0.3) is 22.0 Å². The zero-order valence-electron chi connectivity index (χ0n) is 21.0. The van der Waals surface area contributed by atoms with Gasteiger partial charge in [-0.1, -0.05) is 36.9 Å². The molecule has 10 nitrogen and oxygen atoms in total. The number of aromatic nitrogens is 3. The average Bonchev–Trinajstić information content (AvgIpc) is 2.97. The number of amides is 1. The molecular formula is C28H29N7O3. The van der Waals surface area contributed by atoms with Gasteiger partial charge in [0, 0.05) is 42.5 Å². The molecule has 2 aromatic carbocycles. The highest BCUT2D eigenvalue weighted by atomic mass is 16.5. The van der Waals surface area contributed by atoms with Crippen LogP contribution >= 0.6 is 0 Å². The number of benzene rings is 2. The molecule has 0 unspecified atom stereocenters. The Labute approximate surface area is 220 Å². The van der Waals surface area contributed by atoms with E-state index in [0.29, 0.717) is 42.0 Å². The molecule has 3 heterocycles. The number of morpholine rings is 1. The van der Waals surface area contributed by atoms with Crippen molar-refractivity contribution in [3.05, 3.63) is 79.1 Å². The predicted octanol–water partition coefficient (Wildman–Crippen LogP) is 3.34. The molecule has 194 valence electrons. The third-order valence-corrected chi connectivity index (χ3v) is 6.40. The second kappa shape index (κ2) is 10.9. The number of carbonyl (C=O) groups excluding carboxylic acids is 1. The van der Waals surface area contributed by atoms with Gasteiger partial charge in [-0.3, -0.25) is 4.79 Å². The average molecular weight is 512 g/mol. The van der Waals surface area contributed by atoms with Crippen molar-refractivity contribution in [3.63, 3.8) is 0 Å². The van der Waals surface area contributed by atoms with Crippen LogP contribution in [-0.4, -0.2) is 54.2 Å². The van der Waals surface area contributed by atoms with Crippen LogP contribution in [0.3, 0.4) is 0 Å². The summed E-state index contributed by atoms with van der Waals surface area (Å²) < 4.78 is 11.6. The molecule has 10 heteroatoms. The highest BCUT2D eigenvalue weighted by Crippen LogP contribution is 2.33. The molecule has 0 spiro atoms. The van der Waals surface area contributed by atoms with Gasteiger partial charge in [0.1, 0.15) is 11.3 Å². The first kappa shape index (κ1) is 25.3. The maximum Gasteiger partial charge on any atom is 0.247 e. The first-order valence-electron chi connectivity index (χ1n) is 12.2. The van der Waals surface area contributed by atoms with E-state index in [9.17, 15) is 4.79 Å². The zero-order valence-corrected chi connectivity index (χ0v) is 21.0. The molecule has 4 aromatic rings. The first-order valence-corrected chi connectivity index (χ1v) is 12.2. The Morgan fingerprint density at radius 1 is 1.24 bits per heavy atom. The number of nitrogens with zero attached hydrogens (tertiary/aromatic N) is 3. The lowest BCUT2D eigenvalue weighted by atomic mass is 9.97. The number of fused-ring (bicyclic) bond motifs is 1. The van der Waals surface area contributed by atoms with E-state index in [4.69, 9.17) is 25.2 Å². The van der Waals surface area contributed by atoms with E-state index in [1.165, 1.54) is 6.08 Å². The Kier molecular flexibility index (Phi) is 7.27. The van der Waals surface area contributed by atoms with Gasteiger partial charge in [-0.2, -0.15) is 0 Å². The lowest BCUT2D eigenvalue weighted by Gasteiger charge is -2.36. The van der Waals surface area contributed by atoms with Crippen molar-refractivity contribution in [2.75, 3.05) is 44.0 Å². The number of nitrogens with one attached hydrogen (secondary N) is 3. The Balaban J connectivity index is 1.48. The van der Waals surface area contributed by atoms with Crippen molar-refractivity contribution < 1.29 is 14.3 Å². The Bertz CT molecular complexity index is 1480. The van der Waals surface area contributed by atoms with Gasteiger partial charge in [0.15, 0.2) is 0 Å². The minimum atomic E-state index is -0.710. The fraction of sp³-hybridized carbons (Fsp3) is 0.214. The third kappa shape index (κ3) is 5.05. The molecule has 1 atom stereocenters. The number of para-hydroxylation sites is 1. The normalized spacial score (nSPS) is 17.1. The number of methoxy groups -OCH3 is 1. The van der Waals surface area contributed by atoms with E-state index in [1.54, 1.807) is 13.3 Å². The number of hydrogen-bond acceptors (Lipinski definition) is 9. The molecule has 1 fully saturated rings. The largest absolute Gasteiger partial charge is 0.480 e. The van der Waals surface area contributed by atoms with E-state index in [2.05, 4.69) is 27.5 Å². The molecule has 1 aliphatic rings. The van der Waals surface area contributed by atoms with E-state index < -0.39 is 5.60 Å². The number of hydrogen-bond donors (Lipinski definition) is 4. The van der Waals surface area contributed by atoms with Crippen LogP contribution in [0.15, 0.2) is 73.4 Å². The zero-order chi connectivity index (χ0) is 26.5. The lowest BCUT2D eigenvalue weighted by Crippen LogP contribution is -2.52. The standard InChI is InChI=1S/C28H29N7O3/c1-3-24(36)32-20-8-4-6-18(14-20)21-9-5-7-19-15-31-27(35-25(19)21)33-22-10-11-23(34-26(22)37-2)28(16-29)17-30-12-13-38-28/h3-11,14-15,30H,1,12-13,16-17,29H2,2H3,(H,32,36)(H,31,33,35)/t28-/m0/s1. The number of rotatable bonds is 8. The summed E-state index contributed by atoms with van der Waals surface area (Å²) in [5, 5.41) is 10.2. The van der Waals surface area contributed by atoms with Gasteiger partial charge < -0.3 is 31.2 Å². The smallest absolute Gasteiger partial charge is 0.247 e. The molecule has 0 aliphatic carbocycles. The predicted molar refractivity (Wildman–Crippen MR) is 147 cm³/mol. The van der Waals surface area contributed by atoms with Crippen LogP contribution in [0.1, 0.15) is 5.69 Å².